The number of carbonyl (C=O) groups excluding carboxylic acids is 4. The Morgan fingerprint density at radius 3 is 1.85 bits per heavy atom. The van der Waals surface area contributed by atoms with E-state index >= 15 is 0 Å². The summed E-state index contributed by atoms with van der Waals surface area (Å²) in [5.74, 6) is -2.11. The van der Waals surface area contributed by atoms with Crippen molar-refractivity contribution in [2.75, 3.05) is 13.6 Å². The first-order valence-electron chi connectivity index (χ1n) is 15.3. The van der Waals surface area contributed by atoms with Crippen LogP contribution < -0.4 is 9.47 Å². The molecule has 2 aliphatic carbocycles. The molecule has 0 N–H and O–H groups in total. The fourth-order valence-corrected chi connectivity index (χ4v) is 7.13. The molecule has 1 saturated heterocycles. The number of piperidine rings is 1. The smallest absolute Gasteiger partial charge is 0.343 e. The van der Waals surface area contributed by atoms with Gasteiger partial charge in [-0.2, -0.15) is 0 Å². The van der Waals surface area contributed by atoms with Gasteiger partial charge in [-0.25, -0.2) is 14.4 Å². The van der Waals surface area contributed by atoms with E-state index in [1.165, 1.54) is 0 Å². The summed E-state index contributed by atoms with van der Waals surface area (Å²) in [5.41, 5.74) is 1.84. The molecule has 1 fully saturated rings. The SMILES string of the molecule is CN1CCC23CC(=O)C(OC(=O)c4ccccc4)=CC2C1Cc1ccc(OC(=O)c2ccccc2)c(OC(=O)c2ccccc2)c13. The van der Waals surface area contributed by atoms with Crippen LogP contribution in [0.3, 0.4) is 0 Å². The Morgan fingerprint density at radius 2 is 1.26 bits per heavy atom. The van der Waals surface area contributed by atoms with Gasteiger partial charge in [0.05, 0.1) is 16.7 Å². The van der Waals surface area contributed by atoms with Gasteiger partial charge >= 0.3 is 17.9 Å². The Hall–Kier alpha value is -5.34. The Labute approximate surface area is 266 Å². The van der Waals surface area contributed by atoms with Crippen molar-refractivity contribution in [3.05, 3.63) is 143 Å². The van der Waals surface area contributed by atoms with E-state index in [0.717, 1.165) is 5.56 Å². The van der Waals surface area contributed by atoms with Crippen LogP contribution in [-0.2, 0) is 21.4 Å². The number of hydrogen-bond donors (Lipinski definition) is 0. The van der Waals surface area contributed by atoms with Crippen molar-refractivity contribution in [1.29, 1.82) is 0 Å². The highest BCUT2D eigenvalue weighted by Gasteiger charge is 2.57. The van der Waals surface area contributed by atoms with Crippen LogP contribution in [-0.4, -0.2) is 48.2 Å². The summed E-state index contributed by atoms with van der Waals surface area (Å²) >= 11 is 0. The van der Waals surface area contributed by atoms with Gasteiger partial charge in [-0.3, -0.25) is 4.79 Å². The lowest BCUT2D eigenvalue weighted by Crippen LogP contribution is -2.60. The third kappa shape index (κ3) is 5.20. The topological polar surface area (TPSA) is 99.2 Å². The molecule has 230 valence electrons. The quantitative estimate of drug-likeness (QED) is 0.194. The molecule has 7 rings (SSSR count). The summed E-state index contributed by atoms with van der Waals surface area (Å²) in [6.45, 7) is 0.695. The number of hydrogen-bond acceptors (Lipinski definition) is 8. The first kappa shape index (κ1) is 29.4. The van der Waals surface area contributed by atoms with Gasteiger partial charge in [0.25, 0.3) is 0 Å². The van der Waals surface area contributed by atoms with Crippen LogP contribution in [0.25, 0.3) is 0 Å². The Bertz CT molecular complexity index is 1870. The summed E-state index contributed by atoms with van der Waals surface area (Å²) in [7, 11) is 2.05. The fourth-order valence-electron chi connectivity index (χ4n) is 7.13. The molecular formula is C38H31NO7. The van der Waals surface area contributed by atoms with Crippen LogP contribution in [0.2, 0.25) is 0 Å². The lowest BCUT2D eigenvalue weighted by atomic mass is 9.53. The molecule has 4 aromatic rings. The molecule has 0 saturated carbocycles. The maximum Gasteiger partial charge on any atom is 0.343 e. The van der Waals surface area contributed by atoms with Gasteiger partial charge in [0.1, 0.15) is 0 Å². The number of ketones is 1. The molecule has 0 amide bonds. The van der Waals surface area contributed by atoms with Crippen LogP contribution in [0.1, 0.15) is 55.0 Å². The first-order valence-corrected chi connectivity index (χ1v) is 15.3. The zero-order chi connectivity index (χ0) is 31.8. The summed E-state index contributed by atoms with van der Waals surface area (Å²) < 4.78 is 17.8. The third-order valence-corrected chi connectivity index (χ3v) is 9.37. The van der Waals surface area contributed by atoms with E-state index in [4.69, 9.17) is 14.2 Å². The van der Waals surface area contributed by atoms with Crippen LogP contribution in [0.15, 0.2) is 115 Å². The molecule has 8 heteroatoms. The highest BCUT2D eigenvalue weighted by molar-refractivity contribution is 6.01. The van der Waals surface area contributed by atoms with Crippen molar-refractivity contribution in [3.8, 4) is 11.5 Å². The number of rotatable bonds is 6. The number of ether oxygens (including phenoxy) is 3. The fraction of sp³-hybridized carbons (Fsp3) is 0.211. The molecule has 0 spiro atoms. The van der Waals surface area contributed by atoms with Gasteiger partial charge in [0, 0.05) is 29.4 Å². The number of likely N-dealkylation sites (N-methyl/N-ethyl adjacent to an activating group) is 1. The largest absolute Gasteiger partial charge is 0.419 e. The average molecular weight is 614 g/mol. The van der Waals surface area contributed by atoms with Gasteiger partial charge in [0.15, 0.2) is 23.0 Å². The molecule has 3 aliphatic rings. The monoisotopic (exact) mass is 613 g/mol. The van der Waals surface area contributed by atoms with E-state index < -0.39 is 23.3 Å². The van der Waals surface area contributed by atoms with Gasteiger partial charge < -0.3 is 19.1 Å². The Morgan fingerprint density at radius 1 is 0.717 bits per heavy atom. The van der Waals surface area contributed by atoms with Gasteiger partial charge in [-0.1, -0.05) is 60.7 Å². The van der Waals surface area contributed by atoms with E-state index in [9.17, 15) is 19.2 Å². The maximum absolute atomic E-state index is 13.9. The number of benzene rings is 4. The highest BCUT2D eigenvalue weighted by Crippen LogP contribution is 2.58. The molecule has 46 heavy (non-hydrogen) atoms. The second-order valence-electron chi connectivity index (χ2n) is 12.0. The van der Waals surface area contributed by atoms with E-state index in [1.807, 2.05) is 13.1 Å². The van der Waals surface area contributed by atoms with Crippen molar-refractivity contribution >= 4 is 23.7 Å². The lowest BCUT2D eigenvalue weighted by molar-refractivity contribution is -0.122. The first-order chi connectivity index (χ1) is 22.3. The van der Waals surface area contributed by atoms with Crippen LogP contribution in [0.4, 0.5) is 0 Å². The van der Waals surface area contributed by atoms with E-state index in [0.29, 0.717) is 41.6 Å². The van der Waals surface area contributed by atoms with Gasteiger partial charge in [-0.05, 0) is 80.5 Å². The lowest BCUT2D eigenvalue weighted by Gasteiger charge is -2.56. The molecule has 3 unspecified atom stereocenters. The molecule has 0 aromatic heterocycles. The minimum Gasteiger partial charge on any atom is -0.419 e. The number of likely N-dealkylation sites (tertiary alicyclic amines) is 1. The predicted octanol–water partition coefficient (Wildman–Crippen LogP) is 5.95. The van der Waals surface area contributed by atoms with Crippen molar-refractivity contribution < 1.29 is 33.4 Å². The third-order valence-electron chi connectivity index (χ3n) is 9.37. The number of carbonyl (C=O) groups is 4. The maximum atomic E-state index is 13.9. The van der Waals surface area contributed by atoms with E-state index in [-0.39, 0.29) is 41.4 Å². The Balaban J connectivity index is 1.34. The van der Waals surface area contributed by atoms with Crippen molar-refractivity contribution in [3.63, 3.8) is 0 Å². The number of Topliss-reactive ketones (excluding diaryl/α,β-unsaturated/α-hetero) is 1. The zero-order valence-corrected chi connectivity index (χ0v) is 25.2. The molecule has 3 atom stereocenters. The van der Waals surface area contributed by atoms with E-state index in [1.54, 1.807) is 103 Å². The predicted molar refractivity (Wildman–Crippen MR) is 169 cm³/mol. The minimum absolute atomic E-state index is 0.00447. The highest BCUT2D eigenvalue weighted by atomic mass is 16.6. The zero-order valence-electron chi connectivity index (χ0n) is 25.2. The van der Waals surface area contributed by atoms with E-state index in [2.05, 4.69) is 4.90 Å². The van der Waals surface area contributed by atoms with Crippen LogP contribution in [0, 0.1) is 5.92 Å². The normalized spacial score (nSPS) is 21.7. The Kier molecular flexibility index (Phi) is 7.58. The number of fused-ring (bicyclic) bond motifs is 1. The van der Waals surface area contributed by atoms with Crippen molar-refractivity contribution in [2.24, 2.45) is 5.92 Å². The molecular weight excluding hydrogens is 582 g/mol. The summed E-state index contributed by atoms with van der Waals surface area (Å²) in [6, 6.07) is 29.3. The van der Waals surface area contributed by atoms with Crippen molar-refractivity contribution in [2.45, 2.75) is 30.7 Å². The van der Waals surface area contributed by atoms with Crippen LogP contribution in [0.5, 0.6) is 11.5 Å². The van der Waals surface area contributed by atoms with Crippen LogP contribution >= 0.6 is 0 Å². The number of esters is 3. The minimum atomic E-state index is -0.786. The van der Waals surface area contributed by atoms with Gasteiger partial charge in [0.2, 0.25) is 0 Å². The molecule has 8 nitrogen and oxygen atoms in total. The summed E-state index contributed by atoms with van der Waals surface area (Å²) in [5, 5.41) is 0. The standard InChI is InChI=1S/C38H31NO7/c1-39-20-19-38-23-30(40)32(45-36(42)25-13-7-3-8-14-25)22-28(38)29(39)21-27-17-18-31(44-35(41)24-11-5-2-6-12-24)34(33(27)38)46-37(43)26-15-9-4-10-16-26/h2-18,22,28-29H,19-21,23H2,1H3. The number of allylic oxidation sites excluding steroid dienone is 1. The summed E-state index contributed by atoms with van der Waals surface area (Å²) in [6.07, 6.45) is 2.98. The van der Waals surface area contributed by atoms with Gasteiger partial charge in [-0.15, -0.1) is 0 Å². The summed E-state index contributed by atoms with van der Waals surface area (Å²) in [4.78, 5) is 55.9. The average Bonchev–Trinajstić information content (AvgIpc) is 3.08. The molecule has 2 bridgehead atoms. The molecule has 4 aromatic carbocycles. The molecule has 0 radical (unpaired) electrons. The number of nitrogens with zero attached hydrogens (tertiary/aromatic N) is 1. The molecule has 1 heterocycles. The second-order valence-corrected chi connectivity index (χ2v) is 12.0. The molecule has 1 aliphatic heterocycles. The van der Waals surface area contributed by atoms with Crippen molar-refractivity contribution in [1.82, 2.24) is 4.90 Å². The second kappa shape index (κ2) is 11.9.